The van der Waals surface area contributed by atoms with Crippen LogP contribution in [0.2, 0.25) is 5.02 Å². The number of nitro groups is 1. The molecule has 2 aromatic rings. The highest BCUT2D eigenvalue weighted by Gasteiger charge is 2.13. The van der Waals surface area contributed by atoms with Gasteiger partial charge in [0.25, 0.3) is 11.6 Å². The molecule has 1 amide bonds. The van der Waals surface area contributed by atoms with Gasteiger partial charge in [-0.1, -0.05) is 11.6 Å². The molecule has 2 rings (SSSR count). The van der Waals surface area contributed by atoms with E-state index >= 15 is 0 Å². The molecule has 0 spiro atoms. The Labute approximate surface area is 124 Å². The van der Waals surface area contributed by atoms with Gasteiger partial charge >= 0.3 is 0 Å². The molecule has 0 atom stereocenters. The number of halogens is 1. The Morgan fingerprint density at radius 1 is 1.29 bits per heavy atom. The number of carbonyl (C=O) groups excluding carboxylic acids is 1. The molecule has 108 valence electrons. The minimum atomic E-state index is -0.648. The fourth-order valence-corrected chi connectivity index (χ4v) is 1.74. The first-order chi connectivity index (χ1) is 9.88. The number of nitrogen functional groups attached to an aromatic ring is 1. The lowest BCUT2D eigenvalue weighted by Crippen LogP contribution is -2.12. The van der Waals surface area contributed by atoms with Crippen LogP contribution in [0.4, 0.5) is 17.1 Å². The van der Waals surface area contributed by atoms with Gasteiger partial charge in [-0.2, -0.15) is 0 Å². The molecule has 4 N–H and O–H groups in total. The van der Waals surface area contributed by atoms with Crippen molar-refractivity contribution in [3.05, 3.63) is 57.1 Å². The Hall–Kier alpha value is -2.80. The van der Waals surface area contributed by atoms with Crippen LogP contribution < -0.4 is 11.1 Å². The van der Waals surface area contributed by atoms with Gasteiger partial charge in [-0.3, -0.25) is 14.9 Å². The van der Waals surface area contributed by atoms with Crippen molar-refractivity contribution in [2.45, 2.75) is 0 Å². The number of nitrogens with zero attached hydrogens (tertiary/aromatic N) is 1. The van der Waals surface area contributed by atoms with Crippen molar-refractivity contribution in [3.8, 4) is 5.75 Å². The molecule has 0 aromatic heterocycles. The zero-order valence-electron chi connectivity index (χ0n) is 10.5. The Morgan fingerprint density at radius 2 is 2.00 bits per heavy atom. The number of carbonyl (C=O) groups is 1. The number of rotatable bonds is 3. The number of amides is 1. The van der Waals surface area contributed by atoms with Crippen LogP contribution >= 0.6 is 11.6 Å². The highest BCUT2D eigenvalue weighted by Crippen LogP contribution is 2.28. The highest BCUT2D eigenvalue weighted by atomic mass is 35.5. The third kappa shape index (κ3) is 3.21. The number of non-ortho nitro benzene ring substituents is 1. The molecule has 0 aliphatic rings. The van der Waals surface area contributed by atoms with E-state index in [9.17, 15) is 20.0 Å². The second-order valence-electron chi connectivity index (χ2n) is 4.15. The number of nitrogens with one attached hydrogen (secondary N) is 1. The minimum Gasteiger partial charge on any atom is -0.506 e. The van der Waals surface area contributed by atoms with Crippen molar-refractivity contribution in [1.29, 1.82) is 0 Å². The van der Waals surface area contributed by atoms with Crippen LogP contribution in [0.1, 0.15) is 10.4 Å². The summed E-state index contributed by atoms with van der Waals surface area (Å²) in [4.78, 5) is 21.9. The predicted molar refractivity (Wildman–Crippen MR) is 78.6 cm³/mol. The van der Waals surface area contributed by atoms with E-state index in [1.807, 2.05) is 0 Å². The fraction of sp³-hybridized carbons (Fsp3) is 0. The molecule has 0 aliphatic carbocycles. The molecular weight excluding hydrogens is 298 g/mol. The zero-order valence-corrected chi connectivity index (χ0v) is 11.3. The lowest BCUT2D eigenvalue weighted by molar-refractivity contribution is -0.384. The quantitative estimate of drug-likeness (QED) is 0.349. The number of nitrogens with two attached hydrogens (primary N) is 1. The van der Waals surface area contributed by atoms with E-state index in [0.717, 1.165) is 6.07 Å². The van der Waals surface area contributed by atoms with Crippen molar-refractivity contribution in [2.75, 3.05) is 11.1 Å². The van der Waals surface area contributed by atoms with Gasteiger partial charge in [0.15, 0.2) is 0 Å². The molecular formula is C13H10ClN3O4. The molecule has 0 fully saturated rings. The number of phenolic OH excluding ortho intramolecular Hbond substituents is 1. The first-order valence-corrected chi connectivity index (χ1v) is 6.10. The van der Waals surface area contributed by atoms with E-state index in [0.29, 0.717) is 5.02 Å². The van der Waals surface area contributed by atoms with Gasteiger partial charge in [-0.25, -0.2) is 0 Å². The van der Waals surface area contributed by atoms with Crippen molar-refractivity contribution >= 4 is 34.6 Å². The normalized spacial score (nSPS) is 10.1. The third-order valence-electron chi connectivity index (χ3n) is 2.70. The largest absolute Gasteiger partial charge is 0.506 e. The smallest absolute Gasteiger partial charge is 0.273 e. The second kappa shape index (κ2) is 5.68. The average molecular weight is 308 g/mol. The molecule has 0 unspecified atom stereocenters. The van der Waals surface area contributed by atoms with Gasteiger partial charge in [0.1, 0.15) is 5.75 Å². The Kier molecular flexibility index (Phi) is 3.95. The first kappa shape index (κ1) is 14.6. The number of anilines is 2. The SMILES string of the molecule is Nc1cc(C(=O)Nc2ccc([N+](=O)[O-])cc2O)ccc1Cl. The minimum absolute atomic E-state index is 0.0547. The van der Waals surface area contributed by atoms with Gasteiger partial charge in [0.05, 0.1) is 27.4 Å². The standard InChI is InChI=1S/C13H10ClN3O4/c14-9-3-1-7(5-10(9)15)13(19)16-11-4-2-8(17(20)21)6-12(11)18/h1-6,18H,15H2,(H,16,19). The summed E-state index contributed by atoms with van der Waals surface area (Å²) in [5, 5.41) is 23.0. The van der Waals surface area contributed by atoms with E-state index < -0.39 is 16.6 Å². The number of phenols is 1. The molecule has 0 bridgehead atoms. The summed E-state index contributed by atoms with van der Waals surface area (Å²) in [7, 11) is 0. The second-order valence-corrected chi connectivity index (χ2v) is 4.56. The summed E-state index contributed by atoms with van der Waals surface area (Å²) in [6.45, 7) is 0. The molecule has 0 saturated heterocycles. The van der Waals surface area contributed by atoms with E-state index in [4.69, 9.17) is 17.3 Å². The van der Waals surface area contributed by atoms with Crippen LogP contribution in [0.15, 0.2) is 36.4 Å². The lowest BCUT2D eigenvalue weighted by Gasteiger charge is -2.08. The molecule has 2 aromatic carbocycles. The van der Waals surface area contributed by atoms with Gasteiger partial charge in [-0.05, 0) is 24.3 Å². The number of aromatic hydroxyl groups is 1. The van der Waals surface area contributed by atoms with Crippen molar-refractivity contribution in [2.24, 2.45) is 0 Å². The molecule has 21 heavy (non-hydrogen) atoms. The Morgan fingerprint density at radius 3 is 2.57 bits per heavy atom. The zero-order chi connectivity index (χ0) is 15.6. The maximum Gasteiger partial charge on any atom is 0.273 e. The summed E-state index contributed by atoms with van der Waals surface area (Å²) >= 11 is 5.76. The van der Waals surface area contributed by atoms with E-state index in [2.05, 4.69) is 5.32 Å². The van der Waals surface area contributed by atoms with Gasteiger partial charge in [-0.15, -0.1) is 0 Å². The van der Waals surface area contributed by atoms with E-state index in [-0.39, 0.29) is 22.6 Å². The molecule has 0 aliphatic heterocycles. The monoisotopic (exact) mass is 307 g/mol. The maximum absolute atomic E-state index is 12.0. The van der Waals surface area contributed by atoms with Crippen LogP contribution in [0.5, 0.6) is 5.75 Å². The maximum atomic E-state index is 12.0. The Bertz CT molecular complexity index is 733. The van der Waals surface area contributed by atoms with Crippen molar-refractivity contribution < 1.29 is 14.8 Å². The van der Waals surface area contributed by atoms with Gasteiger partial charge < -0.3 is 16.2 Å². The number of nitro benzene ring substituents is 1. The predicted octanol–water partition coefficient (Wildman–Crippen LogP) is 2.79. The third-order valence-corrected chi connectivity index (χ3v) is 3.04. The van der Waals surface area contributed by atoms with Crippen molar-refractivity contribution in [1.82, 2.24) is 0 Å². The molecule has 0 radical (unpaired) electrons. The molecule has 0 saturated carbocycles. The summed E-state index contributed by atoms with van der Waals surface area (Å²) in [5.74, 6) is -0.929. The average Bonchev–Trinajstić information content (AvgIpc) is 2.43. The van der Waals surface area contributed by atoms with Gasteiger partial charge in [0, 0.05) is 11.6 Å². The van der Waals surface area contributed by atoms with E-state index in [1.54, 1.807) is 0 Å². The molecule has 0 heterocycles. The van der Waals surface area contributed by atoms with Crippen LogP contribution in [0, 0.1) is 10.1 Å². The lowest BCUT2D eigenvalue weighted by atomic mass is 10.2. The molecule has 7 nitrogen and oxygen atoms in total. The van der Waals surface area contributed by atoms with Crippen LogP contribution in [-0.4, -0.2) is 15.9 Å². The topological polar surface area (TPSA) is 118 Å². The first-order valence-electron chi connectivity index (χ1n) is 5.72. The number of benzene rings is 2. The number of hydrogen-bond acceptors (Lipinski definition) is 5. The fourth-order valence-electron chi connectivity index (χ4n) is 1.62. The summed E-state index contributed by atoms with van der Waals surface area (Å²) in [6.07, 6.45) is 0. The summed E-state index contributed by atoms with van der Waals surface area (Å²) < 4.78 is 0. The summed E-state index contributed by atoms with van der Waals surface area (Å²) in [6, 6.07) is 7.69. The van der Waals surface area contributed by atoms with Gasteiger partial charge in [0.2, 0.25) is 0 Å². The highest BCUT2D eigenvalue weighted by molar-refractivity contribution is 6.33. The van der Waals surface area contributed by atoms with Crippen LogP contribution in [0.3, 0.4) is 0 Å². The van der Waals surface area contributed by atoms with Crippen LogP contribution in [0.25, 0.3) is 0 Å². The number of hydrogen-bond donors (Lipinski definition) is 3. The Balaban J connectivity index is 2.23. The van der Waals surface area contributed by atoms with Crippen LogP contribution in [-0.2, 0) is 0 Å². The van der Waals surface area contributed by atoms with Crippen molar-refractivity contribution in [3.63, 3.8) is 0 Å². The summed E-state index contributed by atoms with van der Waals surface area (Å²) in [5.41, 5.74) is 5.87. The van der Waals surface area contributed by atoms with E-state index in [1.165, 1.54) is 30.3 Å². The molecule has 8 heteroatoms.